The molecule has 0 bridgehead atoms. The highest BCUT2D eigenvalue weighted by Crippen LogP contribution is 2.14. The van der Waals surface area contributed by atoms with Crippen LogP contribution in [-0.4, -0.2) is 12.5 Å². The Hall–Kier alpha value is -2.80. The van der Waals surface area contributed by atoms with Gasteiger partial charge in [-0.2, -0.15) is 5.26 Å². The zero-order chi connectivity index (χ0) is 15.1. The predicted molar refractivity (Wildman–Crippen MR) is 84.1 cm³/mol. The Kier molecular flexibility index (Phi) is 4.94. The van der Waals surface area contributed by atoms with Gasteiger partial charge in [0.2, 0.25) is 5.91 Å². The molecule has 4 heteroatoms. The van der Waals surface area contributed by atoms with Crippen LogP contribution >= 0.6 is 0 Å². The van der Waals surface area contributed by atoms with Gasteiger partial charge in [0.1, 0.15) is 6.07 Å². The monoisotopic (exact) mass is 279 g/mol. The third-order valence-corrected chi connectivity index (χ3v) is 3.02. The number of nitriles is 1. The van der Waals surface area contributed by atoms with Crippen molar-refractivity contribution >= 4 is 17.3 Å². The molecule has 0 spiro atoms. The lowest BCUT2D eigenvalue weighted by Crippen LogP contribution is -2.16. The molecule has 0 aromatic heterocycles. The smallest absolute Gasteiger partial charge is 0.226 e. The molecule has 4 nitrogen and oxygen atoms in total. The minimum Gasteiger partial charge on any atom is -0.385 e. The molecule has 0 saturated carbocycles. The third-order valence-electron chi connectivity index (χ3n) is 3.02. The first-order chi connectivity index (χ1) is 10.2. The maximum Gasteiger partial charge on any atom is 0.226 e. The van der Waals surface area contributed by atoms with Crippen molar-refractivity contribution in [3.63, 3.8) is 0 Å². The van der Waals surface area contributed by atoms with Gasteiger partial charge in [-0.3, -0.25) is 4.79 Å². The first-order valence-electron chi connectivity index (χ1n) is 6.78. The van der Waals surface area contributed by atoms with Crippen LogP contribution in [0.25, 0.3) is 0 Å². The number of hydrogen-bond donors (Lipinski definition) is 2. The van der Waals surface area contributed by atoms with Crippen molar-refractivity contribution in [3.8, 4) is 6.07 Å². The summed E-state index contributed by atoms with van der Waals surface area (Å²) < 4.78 is 0. The fourth-order valence-corrected chi connectivity index (χ4v) is 1.98. The summed E-state index contributed by atoms with van der Waals surface area (Å²) in [5.41, 5.74) is 3.20. The molecule has 21 heavy (non-hydrogen) atoms. The predicted octanol–water partition coefficient (Wildman–Crippen LogP) is 3.31. The van der Waals surface area contributed by atoms with Gasteiger partial charge < -0.3 is 10.6 Å². The molecule has 0 aliphatic heterocycles. The molecule has 0 aliphatic carbocycles. The zero-order valence-corrected chi connectivity index (χ0v) is 11.9. The Morgan fingerprint density at radius 1 is 1.19 bits per heavy atom. The number of rotatable bonds is 5. The Labute approximate surface area is 124 Å². The fourth-order valence-electron chi connectivity index (χ4n) is 1.98. The first kappa shape index (κ1) is 14.6. The number of para-hydroxylation sites is 1. The zero-order valence-electron chi connectivity index (χ0n) is 11.9. The lowest BCUT2D eigenvalue weighted by atomic mass is 10.2. The molecule has 106 valence electrons. The number of nitrogens with one attached hydrogen (secondary N) is 2. The normalized spacial score (nSPS) is 9.71. The van der Waals surface area contributed by atoms with E-state index in [1.165, 1.54) is 5.56 Å². The molecular weight excluding hydrogens is 262 g/mol. The van der Waals surface area contributed by atoms with Gasteiger partial charge in [0.15, 0.2) is 0 Å². The number of anilines is 2. The summed E-state index contributed by atoms with van der Waals surface area (Å²) in [6.45, 7) is 2.57. The molecule has 0 unspecified atom stereocenters. The van der Waals surface area contributed by atoms with E-state index in [2.05, 4.69) is 16.7 Å². The van der Waals surface area contributed by atoms with Crippen molar-refractivity contribution in [1.82, 2.24) is 0 Å². The molecule has 2 aromatic rings. The largest absolute Gasteiger partial charge is 0.385 e. The summed E-state index contributed by atoms with van der Waals surface area (Å²) in [7, 11) is 0. The Bertz CT molecular complexity index is 674. The SMILES string of the molecule is Cc1cccc(NCCC(=O)Nc2ccccc2C#N)c1. The maximum atomic E-state index is 11.9. The number of carbonyl (C=O) groups is 1. The quantitative estimate of drug-likeness (QED) is 0.882. The van der Waals surface area contributed by atoms with Crippen LogP contribution in [0.5, 0.6) is 0 Å². The average Bonchev–Trinajstić information content (AvgIpc) is 2.48. The summed E-state index contributed by atoms with van der Waals surface area (Å²) in [5.74, 6) is -0.113. The standard InChI is InChI=1S/C17H17N3O/c1-13-5-4-7-15(11-13)19-10-9-17(21)20-16-8-3-2-6-14(16)12-18/h2-8,11,19H,9-10H2,1H3,(H,20,21). The van der Waals surface area contributed by atoms with Crippen LogP contribution in [-0.2, 0) is 4.79 Å². The van der Waals surface area contributed by atoms with Crippen LogP contribution in [0.4, 0.5) is 11.4 Å². The van der Waals surface area contributed by atoms with Crippen LogP contribution in [0.3, 0.4) is 0 Å². The molecule has 0 aliphatic rings. The second kappa shape index (κ2) is 7.11. The Balaban J connectivity index is 1.84. The average molecular weight is 279 g/mol. The first-order valence-corrected chi connectivity index (χ1v) is 6.78. The number of benzene rings is 2. The van der Waals surface area contributed by atoms with E-state index >= 15 is 0 Å². The molecule has 0 saturated heterocycles. The number of nitrogens with zero attached hydrogens (tertiary/aromatic N) is 1. The number of amides is 1. The molecule has 0 heterocycles. The summed E-state index contributed by atoms with van der Waals surface area (Å²) in [6.07, 6.45) is 0.341. The van der Waals surface area contributed by atoms with Crippen molar-refractivity contribution in [2.45, 2.75) is 13.3 Å². The Morgan fingerprint density at radius 2 is 2.00 bits per heavy atom. The summed E-state index contributed by atoms with van der Waals surface area (Å²) in [5, 5.41) is 14.9. The molecule has 0 atom stereocenters. The molecule has 1 amide bonds. The van der Waals surface area contributed by atoms with E-state index in [1.807, 2.05) is 31.2 Å². The van der Waals surface area contributed by atoms with Crippen LogP contribution < -0.4 is 10.6 Å². The van der Waals surface area contributed by atoms with Crippen molar-refractivity contribution in [3.05, 3.63) is 59.7 Å². The van der Waals surface area contributed by atoms with E-state index in [0.29, 0.717) is 24.2 Å². The summed E-state index contributed by atoms with van der Waals surface area (Å²) in [6, 6.07) is 17.0. The van der Waals surface area contributed by atoms with Crippen LogP contribution in [0.2, 0.25) is 0 Å². The highest BCUT2D eigenvalue weighted by Gasteiger charge is 2.05. The molecule has 2 aromatic carbocycles. The molecular formula is C17H17N3O. The second-order valence-electron chi connectivity index (χ2n) is 4.75. The van der Waals surface area contributed by atoms with Gasteiger partial charge in [-0.15, -0.1) is 0 Å². The van der Waals surface area contributed by atoms with Gasteiger partial charge in [-0.25, -0.2) is 0 Å². The van der Waals surface area contributed by atoms with Crippen LogP contribution in [0.1, 0.15) is 17.5 Å². The number of hydrogen-bond acceptors (Lipinski definition) is 3. The molecule has 2 rings (SSSR count). The van der Waals surface area contributed by atoms with Crippen molar-refractivity contribution in [1.29, 1.82) is 5.26 Å². The number of aryl methyl sites for hydroxylation is 1. The third kappa shape index (κ3) is 4.36. The molecule has 0 radical (unpaired) electrons. The van der Waals surface area contributed by atoms with E-state index in [0.717, 1.165) is 5.69 Å². The number of carbonyl (C=O) groups excluding carboxylic acids is 1. The molecule has 2 N–H and O–H groups in total. The fraction of sp³-hybridized carbons (Fsp3) is 0.176. The van der Waals surface area contributed by atoms with Gasteiger partial charge in [0.05, 0.1) is 11.3 Å². The van der Waals surface area contributed by atoms with Gasteiger partial charge in [-0.05, 0) is 36.8 Å². The summed E-state index contributed by atoms with van der Waals surface area (Å²) in [4.78, 5) is 11.9. The highest BCUT2D eigenvalue weighted by atomic mass is 16.1. The topological polar surface area (TPSA) is 64.9 Å². The van der Waals surface area contributed by atoms with Crippen molar-refractivity contribution in [2.75, 3.05) is 17.2 Å². The lowest BCUT2D eigenvalue weighted by Gasteiger charge is -2.09. The van der Waals surface area contributed by atoms with Gasteiger partial charge in [0, 0.05) is 18.7 Å². The van der Waals surface area contributed by atoms with E-state index in [1.54, 1.807) is 24.3 Å². The van der Waals surface area contributed by atoms with Gasteiger partial charge in [0.25, 0.3) is 0 Å². The maximum absolute atomic E-state index is 11.9. The van der Waals surface area contributed by atoms with E-state index in [-0.39, 0.29) is 5.91 Å². The van der Waals surface area contributed by atoms with Crippen molar-refractivity contribution < 1.29 is 4.79 Å². The van der Waals surface area contributed by atoms with E-state index < -0.39 is 0 Å². The van der Waals surface area contributed by atoms with Crippen molar-refractivity contribution in [2.24, 2.45) is 0 Å². The second-order valence-corrected chi connectivity index (χ2v) is 4.75. The van der Waals surface area contributed by atoms with Crippen LogP contribution in [0, 0.1) is 18.3 Å². The van der Waals surface area contributed by atoms with Gasteiger partial charge >= 0.3 is 0 Å². The lowest BCUT2D eigenvalue weighted by molar-refractivity contribution is -0.115. The molecule has 0 fully saturated rings. The summed E-state index contributed by atoms with van der Waals surface area (Å²) >= 11 is 0. The Morgan fingerprint density at radius 3 is 2.76 bits per heavy atom. The van der Waals surface area contributed by atoms with Gasteiger partial charge in [-0.1, -0.05) is 24.3 Å². The highest BCUT2D eigenvalue weighted by molar-refractivity contribution is 5.92. The minimum atomic E-state index is -0.113. The minimum absolute atomic E-state index is 0.113. The van der Waals surface area contributed by atoms with Crippen LogP contribution in [0.15, 0.2) is 48.5 Å². The van der Waals surface area contributed by atoms with E-state index in [4.69, 9.17) is 5.26 Å². The van der Waals surface area contributed by atoms with E-state index in [9.17, 15) is 4.79 Å².